The van der Waals surface area contributed by atoms with Gasteiger partial charge in [-0.2, -0.15) is 0 Å². The molecule has 4 nitrogen and oxygen atoms in total. The molecule has 2 amide bonds. The van der Waals surface area contributed by atoms with Crippen molar-refractivity contribution < 1.29 is 26.3 Å². The Morgan fingerprint density at radius 2 is 1.32 bits per heavy atom. The zero-order chi connectivity index (χ0) is 17.8. The summed E-state index contributed by atoms with van der Waals surface area (Å²) in [6, 6.07) is 0.167. The first-order chi connectivity index (χ1) is 11.5. The van der Waals surface area contributed by atoms with Gasteiger partial charge in [-0.1, -0.05) is 58.3 Å². The second-order valence-electron chi connectivity index (χ2n) is 8.14. The predicted octanol–water partition coefficient (Wildman–Crippen LogP) is 1.36. The van der Waals surface area contributed by atoms with E-state index in [-0.39, 0.29) is 23.0 Å². The third kappa shape index (κ3) is 10.4. The predicted molar refractivity (Wildman–Crippen MR) is 103 cm³/mol. The number of carbonyl (C=O) groups is 1. The molecule has 0 radical (unpaired) electrons. The van der Waals surface area contributed by atoms with Gasteiger partial charge in [-0.15, -0.1) is 0 Å². The van der Waals surface area contributed by atoms with Gasteiger partial charge in [0.15, 0.2) is 0 Å². The number of piperazine rings is 1. The van der Waals surface area contributed by atoms with E-state index in [2.05, 4.69) is 14.0 Å². The first-order valence-electron chi connectivity index (χ1n) is 10.3. The number of halogens is 1. The van der Waals surface area contributed by atoms with Crippen LogP contribution in [0.4, 0.5) is 4.79 Å². The molecule has 150 valence electrons. The van der Waals surface area contributed by atoms with Gasteiger partial charge in [0.05, 0.1) is 39.8 Å². The highest BCUT2D eigenvalue weighted by Gasteiger charge is 2.30. The van der Waals surface area contributed by atoms with Gasteiger partial charge in [-0.25, -0.2) is 4.79 Å². The molecule has 0 aliphatic carbocycles. The molecule has 0 aromatic heterocycles. The lowest BCUT2D eigenvalue weighted by Crippen LogP contribution is -3.00. The maximum absolute atomic E-state index is 12.0. The van der Waals surface area contributed by atoms with E-state index in [1.807, 2.05) is 19.0 Å². The summed E-state index contributed by atoms with van der Waals surface area (Å²) >= 11 is 0. The highest BCUT2D eigenvalue weighted by molar-refractivity contribution is 5.73. The van der Waals surface area contributed by atoms with Crippen LogP contribution in [0.3, 0.4) is 0 Å². The van der Waals surface area contributed by atoms with Crippen LogP contribution in [0.15, 0.2) is 0 Å². The lowest BCUT2D eigenvalue weighted by Gasteiger charge is -2.42. The van der Waals surface area contributed by atoms with E-state index in [4.69, 9.17) is 0 Å². The summed E-state index contributed by atoms with van der Waals surface area (Å²) < 4.78 is 1.15. The Hall–Kier alpha value is -0.290. The summed E-state index contributed by atoms with van der Waals surface area (Å²) in [6.07, 6.45) is 14.0. The molecule has 1 heterocycles. The summed E-state index contributed by atoms with van der Waals surface area (Å²) in [7, 11) is 6.05. The molecule has 0 atom stereocenters. The van der Waals surface area contributed by atoms with Crippen LogP contribution in [0.2, 0.25) is 0 Å². The van der Waals surface area contributed by atoms with Crippen molar-refractivity contribution in [2.24, 2.45) is 0 Å². The maximum Gasteiger partial charge on any atom is 0.319 e. The fraction of sp³-hybridized carbons (Fsp3) is 0.950. The number of nitrogens with zero attached hydrogens (tertiary/aromatic N) is 3. The minimum absolute atomic E-state index is 0. The third-order valence-corrected chi connectivity index (χ3v) is 5.52. The summed E-state index contributed by atoms with van der Waals surface area (Å²) in [5.41, 5.74) is 0. The Labute approximate surface area is 167 Å². The van der Waals surface area contributed by atoms with E-state index in [1.165, 1.54) is 70.8 Å². The Bertz CT molecular complexity index is 342. The van der Waals surface area contributed by atoms with Crippen LogP contribution in [-0.4, -0.2) is 74.2 Å². The van der Waals surface area contributed by atoms with Crippen LogP contribution in [0.1, 0.15) is 71.1 Å². The van der Waals surface area contributed by atoms with Crippen molar-refractivity contribution >= 4 is 6.03 Å². The number of quaternary nitrogens is 1. The van der Waals surface area contributed by atoms with Gasteiger partial charge in [-0.3, -0.25) is 0 Å². The molecular formula is C20H42BrN3O. The second kappa shape index (κ2) is 13.9. The SMILES string of the molecule is CCCCCCCCCCCC[N+]1(C)CCN(C(=O)N(C)C)CC1.[Br-]. The number of hydrogen-bond acceptors (Lipinski definition) is 1. The minimum atomic E-state index is 0. The van der Waals surface area contributed by atoms with Crippen molar-refractivity contribution in [2.75, 3.05) is 53.9 Å². The normalized spacial score (nSPS) is 16.4. The number of likely N-dealkylation sites (N-methyl/N-ethyl adjacent to an activating group) is 1. The van der Waals surface area contributed by atoms with Crippen LogP contribution in [0.25, 0.3) is 0 Å². The zero-order valence-corrected chi connectivity index (χ0v) is 18.8. The molecule has 0 aromatic carbocycles. The molecule has 1 rings (SSSR count). The van der Waals surface area contributed by atoms with E-state index in [1.54, 1.807) is 4.90 Å². The fourth-order valence-corrected chi connectivity index (χ4v) is 3.63. The Morgan fingerprint density at radius 3 is 1.76 bits per heavy atom. The van der Waals surface area contributed by atoms with E-state index in [0.717, 1.165) is 30.7 Å². The molecule has 1 saturated heterocycles. The van der Waals surface area contributed by atoms with Crippen molar-refractivity contribution in [1.82, 2.24) is 9.80 Å². The number of rotatable bonds is 11. The van der Waals surface area contributed by atoms with Crippen LogP contribution >= 0.6 is 0 Å². The molecule has 0 unspecified atom stereocenters. The number of amides is 2. The minimum Gasteiger partial charge on any atom is -1.00 e. The van der Waals surface area contributed by atoms with Crippen LogP contribution < -0.4 is 17.0 Å². The summed E-state index contributed by atoms with van der Waals surface area (Å²) in [6.45, 7) is 7.59. The third-order valence-electron chi connectivity index (χ3n) is 5.52. The molecule has 0 spiro atoms. The Morgan fingerprint density at radius 1 is 0.880 bits per heavy atom. The lowest BCUT2D eigenvalue weighted by molar-refractivity contribution is -0.913. The maximum atomic E-state index is 12.0. The monoisotopic (exact) mass is 419 g/mol. The molecule has 25 heavy (non-hydrogen) atoms. The highest BCUT2D eigenvalue weighted by Crippen LogP contribution is 2.15. The highest BCUT2D eigenvalue weighted by atomic mass is 79.9. The molecule has 1 aliphatic heterocycles. The van der Waals surface area contributed by atoms with Crippen LogP contribution in [0.5, 0.6) is 0 Å². The summed E-state index contributed by atoms with van der Waals surface area (Å²) in [4.78, 5) is 15.7. The number of unbranched alkanes of at least 4 members (excludes halogenated alkanes) is 9. The Kier molecular flexibility index (Phi) is 13.7. The molecule has 1 fully saturated rings. The molecule has 5 heteroatoms. The van der Waals surface area contributed by atoms with E-state index in [0.29, 0.717) is 0 Å². The van der Waals surface area contributed by atoms with Gasteiger partial charge in [0.25, 0.3) is 0 Å². The smallest absolute Gasteiger partial charge is 0.319 e. The number of hydrogen-bond donors (Lipinski definition) is 0. The molecule has 0 saturated carbocycles. The quantitative estimate of drug-likeness (QED) is 0.366. The van der Waals surface area contributed by atoms with Crippen molar-refractivity contribution in [1.29, 1.82) is 0 Å². The molecular weight excluding hydrogens is 378 g/mol. The first kappa shape index (κ1) is 24.7. The zero-order valence-electron chi connectivity index (χ0n) is 17.2. The van der Waals surface area contributed by atoms with Gasteiger partial charge >= 0.3 is 6.03 Å². The topological polar surface area (TPSA) is 23.6 Å². The summed E-state index contributed by atoms with van der Waals surface area (Å²) in [5.74, 6) is 0. The molecule has 0 bridgehead atoms. The van der Waals surface area contributed by atoms with Gasteiger partial charge in [0.2, 0.25) is 0 Å². The fourth-order valence-electron chi connectivity index (χ4n) is 3.63. The van der Waals surface area contributed by atoms with Gasteiger partial charge in [0.1, 0.15) is 0 Å². The average Bonchev–Trinajstić information content (AvgIpc) is 2.56. The number of carbonyl (C=O) groups excluding carboxylic acids is 1. The first-order valence-corrected chi connectivity index (χ1v) is 10.3. The van der Waals surface area contributed by atoms with Crippen molar-refractivity contribution in [3.8, 4) is 0 Å². The van der Waals surface area contributed by atoms with Crippen molar-refractivity contribution in [2.45, 2.75) is 71.1 Å². The second-order valence-corrected chi connectivity index (χ2v) is 8.14. The van der Waals surface area contributed by atoms with Crippen LogP contribution in [-0.2, 0) is 0 Å². The van der Waals surface area contributed by atoms with E-state index >= 15 is 0 Å². The van der Waals surface area contributed by atoms with Crippen LogP contribution in [0, 0.1) is 0 Å². The largest absolute Gasteiger partial charge is 1.00 e. The number of urea groups is 1. The molecule has 0 aromatic rings. The molecule has 1 aliphatic rings. The summed E-state index contributed by atoms with van der Waals surface area (Å²) in [5, 5.41) is 0. The van der Waals surface area contributed by atoms with Gasteiger partial charge in [-0.05, 0) is 12.8 Å². The van der Waals surface area contributed by atoms with Gasteiger partial charge in [0, 0.05) is 14.1 Å². The molecule has 0 N–H and O–H groups in total. The van der Waals surface area contributed by atoms with Crippen molar-refractivity contribution in [3.63, 3.8) is 0 Å². The van der Waals surface area contributed by atoms with E-state index < -0.39 is 0 Å². The van der Waals surface area contributed by atoms with E-state index in [9.17, 15) is 4.79 Å². The standard InChI is InChI=1S/C20H42N3O.BrH/c1-5-6-7-8-9-10-11-12-13-14-17-23(4)18-15-22(16-19-23)20(24)21(2)3;/h5-19H2,1-4H3;1H/q+1;/p-1. The average molecular weight is 420 g/mol. The lowest BCUT2D eigenvalue weighted by atomic mass is 10.1. The Balaban J connectivity index is 0.00000576. The van der Waals surface area contributed by atoms with Gasteiger partial charge < -0.3 is 31.3 Å². The van der Waals surface area contributed by atoms with Crippen molar-refractivity contribution in [3.05, 3.63) is 0 Å².